The third-order valence-corrected chi connectivity index (χ3v) is 5.07. The van der Waals surface area contributed by atoms with Gasteiger partial charge in [-0.2, -0.15) is 0 Å². The Kier molecular flexibility index (Phi) is 5.56. The summed E-state index contributed by atoms with van der Waals surface area (Å²) in [4.78, 5) is 21.5. The zero-order valence-corrected chi connectivity index (χ0v) is 16.1. The van der Waals surface area contributed by atoms with Crippen molar-refractivity contribution in [3.05, 3.63) is 53.1 Å². The first kappa shape index (κ1) is 18.4. The smallest absolute Gasteiger partial charge is 0.305 e. The van der Waals surface area contributed by atoms with Crippen molar-refractivity contribution < 1.29 is 9.53 Å². The number of carbonyl (C=O) groups excluding carboxylic acids is 1. The maximum absolute atomic E-state index is 11.5. The minimum atomic E-state index is -0.199. The van der Waals surface area contributed by atoms with E-state index in [0.717, 1.165) is 17.1 Å². The monoisotopic (exact) mass is 372 g/mol. The standard InChI is InChI=1S/C19H24N4O2S/c1-12-11-14(13(2)21-12)18-17(15-7-4-5-9-20-15)22-19(26)23(18)10-6-8-16(24)25-3/h4-5,7,9,11,17-18,21H,6,8,10H2,1-3H3,(H,22,26)/t17-,18+/m0/s1. The van der Waals surface area contributed by atoms with E-state index in [9.17, 15) is 4.79 Å². The first-order valence-electron chi connectivity index (χ1n) is 8.72. The average Bonchev–Trinajstić information content (AvgIpc) is 3.14. The minimum Gasteiger partial charge on any atom is -0.469 e. The molecule has 6 nitrogen and oxygen atoms in total. The number of pyridine rings is 1. The number of hydrogen-bond acceptors (Lipinski definition) is 4. The molecule has 0 radical (unpaired) electrons. The van der Waals surface area contributed by atoms with Crippen molar-refractivity contribution in [3.8, 4) is 0 Å². The molecule has 1 fully saturated rings. The molecule has 0 aliphatic carbocycles. The Bertz CT molecular complexity index is 790. The van der Waals surface area contributed by atoms with Crippen LogP contribution in [0.1, 0.15) is 47.6 Å². The quantitative estimate of drug-likeness (QED) is 0.600. The van der Waals surface area contributed by atoms with E-state index in [1.807, 2.05) is 18.2 Å². The highest BCUT2D eigenvalue weighted by atomic mass is 32.1. The molecule has 3 rings (SSSR count). The fourth-order valence-electron chi connectivity index (χ4n) is 3.53. The van der Waals surface area contributed by atoms with Gasteiger partial charge in [-0.3, -0.25) is 9.78 Å². The van der Waals surface area contributed by atoms with Gasteiger partial charge < -0.3 is 19.9 Å². The molecule has 0 aromatic carbocycles. The van der Waals surface area contributed by atoms with Crippen molar-refractivity contribution in [2.24, 2.45) is 0 Å². The number of aromatic amines is 1. The molecule has 138 valence electrons. The van der Waals surface area contributed by atoms with Crippen molar-refractivity contribution in [1.82, 2.24) is 20.2 Å². The second-order valence-corrected chi connectivity index (χ2v) is 6.92. The second-order valence-electron chi connectivity index (χ2n) is 6.53. The highest BCUT2D eigenvalue weighted by molar-refractivity contribution is 7.80. The molecule has 26 heavy (non-hydrogen) atoms. The Morgan fingerprint density at radius 3 is 2.81 bits per heavy atom. The molecule has 2 atom stereocenters. The van der Waals surface area contributed by atoms with Crippen LogP contribution in [0.25, 0.3) is 0 Å². The lowest BCUT2D eigenvalue weighted by Gasteiger charge is -2.27. The third kappa shape index (κ3) is 3.72. The number of esters is 1. The predicted molar refractivity (Wildman–Crippen MR) is 104 cm³/mol. The molecule has 2 aromatic rings. The minimum absolute atomic E-state index is 0.0278. The number of aryl methyl sites for hydroxylation is 2. The number of ether oxygens (including phenoxy) is 1. The Labute approximate surface area is 159 Å². The fourth-order valence-corrected chi connectivity index (χ4v) is 3.87. The van der Waals surface area contributed by atoms with Gasteiger partial charge in [-0.15, -0.1) is 0 Å². The number of nitrogens with one attached hydrogen (secondary N) is 2. The maximum atomic E-state index is 11.5. The Hall–Kier alpha value is -2.41. The van der Waals surface area contributed by atoms with Crippen molar-refractivity contribution in [1.29, 1.82) is 0 Å². The number of methoxy groups -OCH3 is 1. The van der Waals surface area contributed by atoms with E-state index in [2.05, 4.69) is 40.1 Å². The largest absolute Gasteiger partial charge is 0.469 e. The van der Waals surface area contributed by atoms with Gasteiger partial charge in [0.25, 0.3) is 0 Å². The summed E-state index contributed by atoms with van der Waals surface area (Å²) in [5.41, 5.74) is 4.39. The van der Waals surface area contributed by atoms with Crippen LogP contribution in [0.5, 0.6) is 0 Å². The zero-order chi connectivity index (χ0) is 18.7. The molecule has 1 aliphatic rings. The molecule has 1 saturated heterocycles. The Morgan fingerprint density at radius 2 is 2.19 bits per heavy atom. The number of thiocarbonyl (C=S) groups is 1. The molecule has 0 unspecified atom stereocenters. The predicted octanol–water partition coefficient (Wildman–Crippen LogP) is 2.95. The summed E-state index contributed by atoms with van der Waals surface area (Å²) in [6.07, 6.45) is 2.86. The molecule has 0 spiro atoms. The van der Waals surface area contributed by atoms with Crippen LogP contribution in [-0.4, -0.2) is 39.6 Å². The summed E-state index contributed by atoms with van der Waals surface area (Å²) in [5, 5.41) is 4.11. The highest BCUT2D eigenvalue weighted by Gasteiger charge is 2.40. The van der Waals surface area contributed by atoms with Gasteiger partial charge in [0.05, 0.1) is 24.9 Å². The van der Waals surface area contributed by atoms with E-state index in [4.69, 9.17) is 17.0 Å². The van der Waals surface area contributed by atoms with E-state index in [1.54, 1.807) is 6.20 Å². The number of hydrogen-bond donors (Lipinski definition) is 2. The van der Waals surface area contributed by atoms with Crippen LogP contribution in [-0.2, 0) is 9.53 Å². The zero-order valence-electron chi connectivity index (χ0n) is 15.3. The normalized spacial score (nSPS) is 19.5. The Morgan fingerprint density at radius 1 is 1.38 bits per heavy atom. The number of aromatic nitrogens is 2. The third-order valence-electron chi connectivity index (χ3n) is 4.71. The van der Waals surface area contributed by atoms with Crippen molar-refractivity contribution in [2.75, 3.05) is 13.7 Å². The molecule has 2 aromatic heterocycles. The van der Waals surface area contributed by atoms with Gasteiger partial charge >= 0.3 is 5.97 Å². The lowest BCUT2D eigenvalue weighted by Crippen LogP contribution is -2.31. The first-order valence-corrected chi connectivity index (χ1v) is 9.13. The van der Waals surface area contributed by atoms with Gasteiger partial charge in [0.1, 0.15) is 0 Å². The molecule has 3 heterocycles. The summed E-state index contributed by atoms with van der Waals surface area (Å²) >= 11 is 5.61. The van der Waals surface area contributed by atoms with Crippen LogP contribution in [0.4, 0.5) is 0 Å². The van der Waals surface area contributed by atoms with Crippen LogP contribution in [0.15, 0.2) is 30.5 Å². The van der Waals surface area contributed by atoms with Gasteiger partial charge in [0.15, 0.2) is 5.11 Å². The molecule has 0 saturated carbocycles. The first-order chi connectivity index (χ1) is 12.5. The topological polar surface area (TPSA) is 70.2 Å². The number of rotatable bonds is 6. The van der Waals surface area contributed by atoms with Gasteiger partial charge in [0, 0.05) is 30.6 Å². The molecule has 0 bridgehead atoms. The van der Waals surface area contributed by atoms with Crippen LogP contribution in [0.2, 0.25) is 0 Å². The van der Waals surface area contributed by atoms with E-state index < -0.39 is 0 Å². The highest BCUT2D eigenvalue weighted by Crippen LogP contribution is 2.40. The Balaban J connectivity index is 1.90. The number of H-pyrrole nitrogens is 1. The number of nitrogens with zero attached hydrogens (tertiary/aromatic N) is 2. The second kappa shape index (κ2) is 7.86. The van der Waals surface area contributed by atoms with Gasteiger partial charge in [-0.25, -0.2) is 0 Å². The van der Waals surface area contributed by atoms with Crippen LogP contribution in [0, 0.1) is 13.8 Å². The van der Waals surface area contributed by atoms with Crippen molar-refractivity contribution >= 4 is 23.3 Å². The average molecular weight is 372 g/mol. The van der Waals surface area contributed by atoms with E-state index in [1.165, 1.54) is 12.7 Å². The molecule has 0 amide bonds. The molecule has 1 aliphatic heterocycles. The lowest BCUT2D eigenvalue weighted by molar-refractivity contribution is -0.140. The summed E-state index contributed by atoms with van der Waals surface area (Å²) in [5.74, 6) is -0.199. The molecular weight excluding hydrogens is 348 g/mol. The van der Waals surface area contributed by atoms with Crippen LogP contribution < -0.4 is 5.32 Å². The summed E-state index contributed by atoms with van der Waals surface area (Å²) in [7, 11) is 1.41. The molecular formula is C19H24N4O2S. The van der Waals surface area contributed by atoms with Crippen molar-refractivity contribution in [3.63, 3.8) is 0 Å². The fraction of sp³-hybridized carbons (Fsp3) is 0.421. The van der Waals surface area contributed by atoms with E-state index >= 15 is 0 Å². The summed E-state index contributed by atoms with van der Waals surface area (Å²) in [6.45, 7) is 4.80. The van der Waals surface area contributed by atoms with Gasteiger partial charge in [-0.05, 0) is 56.2 Å². The summed E-state index contributed by atoms with van der Waals surface area (Å²) < 4.78 is 4.75. The van der Waals surface area contributed by atoms with Gasteiger partial charge in [-0.1, -0.05) is 6.07 Å². The van der Waals surface area contributed by atoms with Crippen LogP contribution >= 0.6 is 12.2 Å². The lowest BCUT2D eigenvalue weighted by atomic mass is 9.96. The summed E-state index contributed by atoms with van der Waals surface area (Å²) in [6, 6.07) is 8.07. The van der Waals surface area contributed by atoms with E-state index in [0.29, 0.717) is 24.5 Å². The SMILES string of the molecule is COC(=O)CCCN1C(=S)N[C@@H](c2ccccn2)[C@H]1c1cc(C)[nH]c1C. The van der Waals surface area contributed by atoms with E-state index in [-0.39, 0.29) is 18.1 Å². The van der Waals surface area contributed by atoms with Crippen molar-refractivity contribution in [2.45, 2.75) is 38.8 Å². The molecule has 2 N–H and O–H groups in total. The molecule has 7 heteroatoms. The number of carbonyl (C=O) groups is 1. The van der Waals surface area contributed by atoms with Gasteiger partial charge in [0.2, 0.25) is 0 Å². The van der Waals surface area contributed by atoms with Crippen LogP contribution in [0.3, 0.4) is 0 Å². The maximum Gasteiger partial charge on any atom is 0.305 e.